The van der Waals surface area contributed by atoms with Gasteiger partial charge in [0.05, 0.1) is 5.92 Å². The number of rotatable bonds is 4. The summed E-state index contributed by atoms with van der Waals surface area (Å²) in [6, 6.07) is 5.68. The van der Waals surface area contributed by atoms with Gasteiger partial charge in [0.2, 0.25) is 6.79 Å². The zero-order chi connectivity index (χ0) is 18.0. The van der Waals surface area contributed by atoms with Crippen molar-refractivity contribution in [3.8, 4) is 11.5 Å². The Hall–Kier alpha value is -2.44. The van der Waals surface area contributed by atoms with Gasteiger partial charge in [-0.3, -0.25) is 4.79 Å². The highest BCUT2D eigenvalue weighted by Crippen LogP contribution is 2.36. The molecule has 0 saturated carbocycles. The second kappa shape index (κ2) is 6.82. The van der Waals surface area contributed by atoms with Gasteiger partial charge in [0.1, 0.15) is 0 Å². The molecule has 2 heterocycles. The number of hydrogen-bond acceptors (Lipinski definition) is 4. The number of carbonyl (C=O) groups is 2. The van der Waals surface area contributed by atoms with E-state index in [1.165, 1.54) is 0 Å². The minimum Gasteiger partial charge on any atom is -0.481 e. The van der Waals surface area contributed by atoms with Gasteiger partial charge in [-0.05, 0) is 30.5 Å². The Kier molecular flexibility index (Phi) is 4.74. The molecule has 7 nitrogen and oxygen atoms in total. The smallest absolute Gasteiger partial charge is 0.317 e. The molecule has 7 heteroatoms. The van der Waals surface area contributed by atoms with Crippen molar-refractivity contribution in [2.45, 2.75) is 32.1 Å². The zero-order valence-corrected chi connectivity index (χ0v) is 14.6. The van der Waals surface area contributed by atoms with Crippen molar-refractivity contribution in [2.75, 3.05) is 26.4 Å². The normalized spacial score (nSPS) is 17.4. The van der Waals surface area contributed by atoms with Crippen molar-refractivity contribution < 1.29 is 24.2 Å². The van der Waals surface area contributed by atoms with E-state index >= 15 is 0 Å². The highest BCUT2D eigenvalue weighted by Gasteiger charge is 2.29. The standard InChI is InChI=1S/C18H24N2O5/c1-18(2,13-3-4-14-15(9-13)25-11-24-14)10-19-17(23)20-7-5-12(6-8-20)16(21)22/h3-4,9,12H,5-8,10-11H2,1-2H3,(H,19,23)(H,21,22). The summed E-state index contributed by atoms with van der Waals surface area (Å²) in [7, 11) is 0. The maximum atomic E-state index is 12.4. The first kappa shape index (κ1) is 17.4. The lowest BCUT2D eigenvalue weighted by atomic mass is 9.84. The van der Waals surface area contributed by atoms with E-state index in [0.29, 0.717) is 32.5 Å². The van der Waals surface area contributed by atoms with Crippen molar-refractivity contribution in [3.05, 3.63) is 23.8 Å². The number of nitrogens with zero attached hydrogens (tertiary/aromatic N) is 1. The molecule has 2 N–H and O–H groups in total. The lowest BCUT2D eigenvalue weighted by molar-refractivity contribution is -0.143. The molecule has 2 aliphatic rings. The van der Waals surface area contributed by atoms with Crippen LogP contribution in [-0.4, -0.2) is 48.4 Å². The Morgan fingerprint density at radius 2 is 1.92 bits per heavy atom. The molecule has 0 radical (unpaired) electrons. The topological polar surface area (TPSA) is 88.1 Å². The number of amides is 2. The first-order valence-corrected chi connectivity index (χ1v) is 8.52. The molecule has 0 aromatic heterocycles. The van der Waals surface area contributed by atoms with E-state index in [9.17, 15) is 9.59 Å². The molecule has 1 aromatic carbocycles. The van der Waals surface area contributed by atoms with Crippen molar-refractivity contribution in [3.63, 3.8) is 0 Å². The Bertz CT molecular complexity index is 665. The molecule has 136 valence electrons. The maximum Gasteiger partial charge on any atom is 0.317 e. The van der Waals surface area contributed by atoms with Gasteiger partial charge >= 0.3 is 12.0 Å². The monoisotopic (exact) mass is 348 g/mol. The molecule has 0 bridgehead atoms. The molecule has 2 amide bonds. The van der Waals surface area contributed by atoms with E-state index < -0.39 is 5.97 Å². The first-order valence-electron chi connectivity index (χ1n) is 8.52. The van der Waals surface area contributed by atoms with Crippen LogP contribution >= 0.6 is 0 Å². The van der Waals surface area contributed by atoms with Gasteiger partial charge in [-0.1, -0.05) is 19.9 Å². The van der Waals surface area contributed by atoms with Gasteiger partial charge in [0, 0.05) is 25.0 Å². The quantitative estimate of drug-likeness (QED) is 0.871. The molecule has 2 aliphatic heterocycles. The highest BCUT2D eigenvalue weighted by atomic mass is 16.7. The fraction of sp³-hybridized carbons (Fsp3) is 0.556. The minimum absolute atomic E-state index is 0.141. The summed E-state index contributed by atoms with van der Waals surface area (Å²) in [6.07, 6.45) is 1.02. The van der Waals surface area contributed by atoms with Crippen LogP contribution in [0.15, 0.2) is 18.2 Å². The third-order valence-electron chi connectivity index (χ3n) is 4.97. The maximum absolute atomic E-state index is 12.4. The predicted molar refractivity (Wildman–Crippen MR) is 90.9 cm³/mol. The van der Waals surface area contributed by atoms with Crippen molar-refractivity contribution in [1.82, 2.24) is 10.2 Å². The van der Waals surface area contributed by atoms with E-state index in [2.05, 4.69) is 19.2 Å². The second-order valence-electron chi connectivity index (χ2n) is 7.21. The van der Waals surface area contributed by atoms with Crippen LogP contribution in [0.1, 0.15) is 32.3 Å². The largest absolute Gasteiger partial charge is 0.481 e. The number of aliphatic carboxylic acids is 1. The number of nitrogens with one attached hydrogen (secondary N) is 1. The van der Waals surface area contributed by atoms with Crippen molar-refractivity contribution in [1.29, 1.82) is 0 Å². The molecule has 1 saturated heterocycles. The summed E-state index contributed by atoms with van der Waals surface area (Å²) in [5, 5.41) is 12.0. The molecule has 0 spiro atoms. The summed E-state index contributed by atoms with van der Waals surface area (Å²) in [5.41, 5.74) is 0.789. The number of carboxylic acid groups (broad SMARTS) is 1. The van der Waals surface area contributed by atoms with Crippen molar-refractivity contribution in [2.24, 2.45) is 5.92 Å². The van der Waals surface area contributed by atoms with Crippen LogP contribution in [0.5, 0.6) is 11.5 Å². The third kappa shape index (κ3) is 3.81. The van der Waals surface area contributed by atoms with Crippen molar-refractivity contribution >= 4 is 12.0 Å². The highest BCUT2D eigenvalue weighted by molar-refractivity contribution is 5.75. The Balaban J connectivity index is 1.55. The molecule has 3 rings (SSSR count). The van der Waals surface area contributed by atoms with Crippen LogP contribution in [0.25, 0.3) is 0 Å². The van der Waals surface area contributed by atoms with Crippen LogP contribution in [0, 0.1) is 5.92 Å². The summed E-state index contributed by atoms with van der Waals surface area (Å²) < 4.78 is 10.7. The van der Waals surface area contributed by atoms with Gasteiger partial charge < -0.3 is 24.8 Å². The number of likely N-dealkylation sites (tertiary alicyclic amines) is 1. The lowest BCUT2D eigenvalue weighted by Gasteiger charge is -2.32. The predicted octanol–water partition coefficient (Wildman–Crippen LogP) is 2.20. The van der Waals surface area contributed by atoms with E-state index in [-0.39, 0.29) is 24.2 Å². The number of ether oxygens (including phenoxy) is 2. The average Bonchev–Trinajstić information content (AvgIpc) is 3.07. The number of hydrogen-bond donors (Lipinski definition) is 2. The summed E-state index contributed by atoms with van der Waals surface area (Å²) >= 11 is 0. The Morgan fingerprint density at radius 3 is 2.60 bits per heavy atom. The molecule has 25 heavy (non-hydrogen) atoms. The average molecular weight is 348 g/mol. The zero-order valence-electron chi connectivity index (χ0n) is 14.6. The van der Waals surface area contributed by atoms with Gasteiger partial charge in [0.25, 0.3) is 0 Å². The van der Waals surface area contributed by atoms with Crippen LogP contribution in [0.3, 0.4) is 0 Å². The molecule has 0 atom stereocenters. The van der Waals surface area contributed by atoms with Gasteiger partial charge in [-0.2, -0.15) is 0 Å². The Labute approximate surface area is 146 Å². The summed E-state index contributed by atoms with van der Waals surface area (Å²) in [6.45, 7) is 5.79. The van der Waals surface area contributed by atoms with E-state index in [1.807, 2.05) is 18.2 Å². The number of piperidine rings is 1. The molecule has 0 unspecified atom stereocenters. The van der Waals surface area contributed by atoms with E-state index in [4.69, 9.17) is 14.6 Å². The summed E-state index contributed by atoms with van der Waals surface area (Å²) in [4.78, 5) is 25.0. The fourth-order valence-electron chi connectivity index (χ4n) is 3.16. The number of carboxylic acids is 1. The number of benzene rings is 1. The molecule has 0 aliphatic carbocycles. The SMILES string of the molecule is CC(C)(CNC(=O)N1CCC(C(=O)O)CC1)c1ccc2c(c1)OCO2. The molecule has 1 fully saturated rings. The second-order valence-corrected chi connectivity index (χ2v) is 7.21. The lowest BCUT2D eigenvalue weighted by Crippen LogP contribution is -2.48. The van der Waals surface area contributed by atoms with Crippen LogP contribution in [0.2, 0.25) is 0 Å². The van der Waals surface area contributed by atoms with Gasteiger partial charge in [-0.15, -0.1) is 0 Å². The van der Waals surface area contributed by atoms with Gasteiger partial charge in [0.15, 0.2) is 11.5 Å². The number of carbonyl (C=O) groups excluding carboxylic acids is 1. The molecular weight excluding hydrogens is 324 g/mol. The van der Waals surface area contributed by atoms with E-state index in [1.54, 1.807) is 4.90 Å². The minimum atomic E-state index is -0.774. The van der Waals surface area contributed by atoms with Crippen LogP contribution < -0.4 is 14.8 Å². The fourth-order valence-corrected chi connectivity index (χ4v) is 3.16. The first-order chi connectivity index (χ1) is 11.9. The molecular formula is C18H24N2O5. The van der Waals surface area contributed by atoms with Gasteiger partial charge in [-0.25, -0.2) is 4.79 Å². The van der Waals surface area contributed by atoms with Crippen LogP contribution in [-0.2, 0) is 10.2 Å². The third-order valence-corrected chi connectivity index (χ3v) is 4.97. The Morgan fingerprint density at radius 1 is 1.24 bits per heavy atom. The van der Waals surface area contributed by atoms with E-state index in [0.717, 1.165) is 17.1 Å². The number of fused-ring (bicyclic) bond motifs is 1. The number of urea groups is 1. The summed E-state index contributed by atoms with van der Waals surface area (Å²) in [5.74, 6) is 0.357. The molecule has 1 aromatic rings. The van der Waals surface area contributed by atoms with Crippen LogP contribution in [0.4, 0.5) is 4.79 Å².